The first-order valence-corrected chi connectivity index (χ1v) is 10.4. The summed E-state index contributed by atoms with van der Waals surface area (Å²) in [4.78, 5) is 14.4. The van der Waals surface area contributed by atoms with Gasteiger partial charge in [-0.3, -0.25) is 9.35 Å². The van der Waals surface area contributed by atoms with Gasteiger partial charge in [-0.25, -0.2) is 9.55 Å². The zero-order chi connectivity index (χ0) is 21.0. The number of nitrogens with zero attached hydrogens (tertiary/aromatic N) is 2. The third-order valence-electron chi connectivity index (χ3n) is 4.40. The van der Waals surface area contributed by atoms with Crippen LogP contribution in [0.15, 0.2) is 46.0 Å². The van der Waals surface area contributed by atoms with Crippen LogP contribution in [0.3, 0.4) is 0 Å². The Morgan fingerprint density at radius 2 is 1.93 bits per heavy atom. The van der Waals surface area contributed by atoms with Gasteiger partial charge in [0, 0.05) is 36.6 Å². The van der Waals surface area contributed by atoms with Gasteiger partial charge in [0.2, 0.25) is 5.89 Å². The van der Waals surface area contributed by atoms with Crippen LogP contribution in [-0.2, 0) is 21.5 Å². The Bertz CT molecular complexity index is 1120. The minimum Gasteiger partial charge on any atom is -0.495 e. The number of carboxylic acid groups (broad SMARTS) is 1. The van der Waals surface area contributed by atoms with Crippen LogP contribution in [0, 0.1) is 0 Å². The second kappa shape index (κ2) is 8.58. The standard InChI is InChI=1S/C19H20N2O7S/c1-27-16-12-15-14(11-17(16)29(24,25)26)20-19(28-15)13-6-9-21(10-7-13)8-4-2-3-5-18(22)23/h6-7,9-12H,2-5,8H2,1H3,(H-,22,23,24,25,26)/p+1. The predicted molar refractivity (Wildman–Crippen MR) is 102 cm³/mol. The summed E-state index contributed by atoms with van der Waals surface area (Å²) in [6, 6.07) is 6.22. The molecule has 0 saturated carbocycles. The number of rotatable bonds is 9. The van der Waals surface area contributed by atoms with Crippen molar-refractivity contribution in [3.63, 3.8) is 0 Å². The summed E-state index contributed by atoms with van der Waals surface area (Å²) < 4.78 is 45.1. The van der Waals surface area contributed by atoms with Gasteiger partial charge in [0.05, 0.1) is 7.11 Å². The SMILES string of the molecule is COc1cc2oc(-c3cc[n+](CCCCCC(=O)O)cc3)nc2cc1S(=O)(=O)O. The number of methoxy groups -OCH3 is 1. The van der Waals surface area contributed by atoms with Gasteiger partial charge in [0.25, 0.3) is 10.1 Å². The van der Waals surface area contributed by atoms with Crippen LogP contribution in [0.2, 0.25) is 0 Å². The van der Waals surface area contributed by atoms with E-state index in [4.69, 9.17) is 14.3 Å². The quantitative estimate of drug-likeness (QED) is 0.306. The van der Waals surface area contributed by atoms with Crippen molar-refractivity contribution in [2.24, 2.45) is 0 Å². The lowest BCUT2D eigenvalue weighted by atomic mass is 10.2. The minimum atomic E-state index is -4.46. The third kappa shape index (κ3) is 5.09. The van der Waals surface area contributed by atoms with Crippen LogP contribution in [0.1, 0.15) is 25.7 Å². The third-order valence-corrected chi connectivity index (χ3v) is 5.27. The molecule has 0 radical (unpaired) electrons. The fraction of sp³-hybridized carbons (Fsp3) is 0.316. The minimum absolute atomic E-state index is 0.0310. The second-order valence-electron chi connectivity index (χ2n) is 6.49. The fourth-order valence-corrected chi connectivity index (χ4v) is 3.57. The number of aryl methyl sites for hydroxylation is 1. The highest BCUT2D eigenvalue weighted by atomic mass is 32.2. The molecule has 0 aliphatic heterocycles. The number of carboxylic acids is 1. The van der Waals surface area contributed by atoms with E-state index in [1.165, 1.54) is 19.2 Å². The molecule has 0 aliphatic carbocycles. The Labute approximate surface area is 167 Å². The summed E-state index contributed by atoms with van der Waals surface area (Å²) in [5, 5.41) is 8.64. The molecule has 3 rings (SSSR count). The van der Waals surface area contributed by atoms with Crippen molar-refractivity contribution in [2.75, 3.05) is 7.11 Å². The average molecular weight is 421 g/mol. The highest BCUT2D eigenvalue weighted by Crippen LogP contribution is 2.32. The number of hydrogen-bond acceptors (Lipinski definition) is 6. The van der Waals surface area contributed by atoms with E-state index in [1.807, 2.05) is 29.1 Å². The van der Waals surface area contributed by atoms with Gasteiger partial charge in [0.1, 0.15) is 22.7 Å². The molecule has 2 aromatic heterocycles. The molecule has 154 valence electrons. The van der Waals surface area contributed by atoms with Crippen LogP contribution in [0.25, 0.3) is 22.6 Å². The highest BCUT2D eigenvalue weighted by molar-refractivity contribution is 7.86. The summed E-state index contributed by atoms with van der Waals surface area (Å²) >= 11 is 0. The number of oxazole rings is 1. The van der Waals surface area contributed by atoms with Gasteiger partial charge in [0.15, 0.2) is 18.0 Å². The van der Waals surface area contributed by atoms with Crippen LogP contribution in [0.4, 0.5) is 0 Å². The topological polar surface area (TPSA) is 131 Å². The number of hydrogen-bond donors (Lipinski definition) is 2. The number of aromatic nitrogens is 2. The summed E-state index contributed by atoms with van der Waals surface area (Å²) in [5.74, 6) is -0.499. The molecule has 9 nitrogen and oxygen atoms in total. The van der Waals surface area contributed by atoms with Crippen molar-refractivity contribution < 1.29 is 36.6 Å². The van der Waals surface area contributed by atoms with Crippen molar-refractivity contribution in [1.29, 1.82) is 0 Å². The Kier molecular flexibility index (Phi) is 6.14. The van der Waals surface area contributed by atoms with Crippen LogP contribution in [0.5, 0.6) is 5.75 Å². The van der Waals surface area contributed by atoms with Crippen molar-refractivity contribution >= 4 is 27.2 Å². The molecule has 3 aromatic rings. The maximum Gasteiger partial charge on any atom is 0.303 e. The smallest absolute Gasteiger partial charge is 0.303 e. The first kappa shape index (κ1) is 20.7. The molecule has 0 saturated heterocycles. The molecule has 2 N–H and O–H groups in total. The van der Waals surface area contributed by atoms with E-state index >= 15 is 0 Å². The Morgan fingerprint density at radius 3 is 2.55 bits per heavy atom. The van der Waals surface area contributed by atoms with Crippen LogP contribution in [-0.4, -0.2) is 36.1 Å². The summed E-state index contributed by atoms with van der Waals surface area (Å²) in [6.45, 7) is 0.766. The number of aliphatic carboxylic acids is 1. The van der Waals surface area contributed by atoms with Crippen LogP contribution >= 0.6 is 0 Å². The molecule has 0 unspecified atom stereocenters. The van der Waals surface area contributed by atoms with Crippen molar-refractivity contribution in [1.82, 2.24) is 4.98 Å². The lowest BCUT2D eigenvalue weighted by molar-refractivity contribution is -0.697. The highest BCUT2D eigenvalue weighted by Gasteiger charge is 2.20. The van der Waals surface area contributed by atoms with Gasteiger partial charge < -0.3 is 14.3 Å². The van der Waals surface area contributed by atoms with E-state index < -0.39 is 16.1 Å². The Morgan fingerprint density at radius 1 is 1.21 bits per heavy atom. The van der Waals surface area contributed by atoms with E-state index in [-0.39, 0.29) is 22.6 Å². The number of carbonyl (C=O) groups is 1. The molecule has 10 heteroatoms. The predicted octanol–water partition coefficient (Wildman–Crippen LogP) is 2.68. The van der Waals surface area contributed by atoms with Crippen molar-refractivity contribution in [2.45, 2.75) is 37.1 Å². The number of benzene rings is 1. The van der Waals surface area contributed by atoms with Gasteiger partial charge in [-0.2, -0.15) is 8.42 Å². The van der Waals surface area contributed by atoms with Crippen molar-refractivity contribution in [3.8, 4) is 17.2 Å². The van der Waals surface area contributed by atoms with Crippen LogP contribution < -0.4 is 9.30 Å². The van der Waals surface area contributed by atoms with E-state index in [0.29, 0.717) is 23.5 Å². The number of pyridine rings is 1. The Balaban J connectivity index is 1.76. The van der Waals surface area contributed by atoms with E-state index in [0.717, 1.165) is 19.4 Å². The normalized spacial score (nSPS) is 11.7. The first-order chi connectivity index (χ1) is 13.8. The monoisotopic (exact) mass is 421 g/mol. The summed E-state index contributed by atoms with van der Waals surface area (Å²) in [5.41, 5.74) is 1.32. The fourth-order valence-electron chi connectivity index (χ4n) is 2.92. The number of fused-ring (bicyclic) bond motifs is 1. The van der Waals surface area contributed by atoms with E-state index in [9.17, 15) is 17.8 Å². The maximum atomic E-state index is 11.5. The zero-order valence-electron chi connectivity index (χ0n) is 15.7. The van der Waals surface area contributed by atoms with E-state index in [1.54, 1.807) is 0 Å². The largest absolute Gasteiger partial charge is 0.495 e. The van der Waals surface area contributed by atoms with Gasteiger partial charge >= 0.3 is 5.97 Å². The molecule has 0 atom stereocenters. The van der Waals surface area contributed by atoms with Crippen molar-refractivity contribution in [3.05, 3.63) is 36.7 Å². The zero-order valence-corrected chi connectivity index (χ0v) is 16.6. The number of ether oxygens (including phenoxy) is 1. The molecular weight excluding hydrogens is 400 g/mol. The summed E-state index contributed by atoms with van der Waals surface area (Å²) in [6.07, 6.45) is 6.29. The Hall–Kier alpha value is -2.98. The molecule has 0 fully saturated rings. The first-order valence-electron chi connectivity index (χ1n) is 8.95. The molecule has 0 spiro atoms. The second-order valence-corrected chi connectivity index (χ2v) is 7.88. The molecule has 0 amide bonds. The lowest BCUT2D eigenvalue weighted by Gasteiger charge is -2.04. The molecule has 2 heterocycles. The maximum absolute atomic E-state index is 11.5. The molecule has 0 bridgehead atoms. The molecular formula is C19H21N2O7S+. The van der Waals surface area contributed by atoms with Gasteiger partial charge in [-0.1, -0.05) is 0 Å². The summed E-state index contributed by atoms with van der Waals surface area (Å²) in [7, 11) is -3.16. The average Bonchev–Trinajstić information content (AvgIpc) is 3.09. The lowest BCUT2D eigenvalue weighted by Crippen LogP contribution is -2.32. The molecule has 29 heavy (non-hydrogen) atoms. The van der Waals surface area contributed by atoms with E-state index in [2.05, 4.69) is 4.98 Å². The molecule has 0 aliphatic rings. The van der Waals surface area contributed by atoms with Gasteiger partial charge in [-0.15, -0.1) is 0 Å². The van der Waals surface area contributed by atoms with Gasteiger partial charge in [-0.05, 0) is 18.9 Å². The molecule has 1 aromatic carbocycles. The number of unbranched alkanes of at least 4 members (excludes halogenated alkanes) is 2.